The number of esters is 1. The Morgan fingerprint density at radius 3 is 3.11 bits per heavy atom. The first kappa shape index (κ1) is 13.1. The molecule has 0 unspecified atom stereocenters. The lowest BCUT2D eigenvalue weighted by molar-refractivity contribution is -0.119. The van der Waals surface area contributed by atoms with Gasteiger partial charge in [0.05, 0.1) is 13.7 Å². The molecule has 0 bridgehead atoms. The molecule has 1 N–H and O–H groups in total. The lowest BCUT2D eigenvalue weighted by Crippen LogP contribution is -2.32. The maximum absolute atomic E-state index is 11.4. The molecule has 2 rings (SSSR count). The molecule has 0 spiro atoms. The first-order valence-corrected chi connectivity index (χ1v) is 6.57. The van der Waals surface area contributed by atoms with Crippen molar-refractivity contribution < 1.29 is 14.3 Å². The van der Waals surface area contributed by atoms with Crippen LogP contribution in [0.3, 0.4) is 0 Å². The number of anilines is 1. The second-order valence-electron chi connectivity index (χ2n) is 3.73. The minimum absolute atomic E-state index is 0.0570. The summed E-state index contributed by atoms with van der Waals surface area (Å²) in [6.45, 7) is 1.58. The zero-order valence-corrected chi connectivity index (χ0v) is 11.3. The summed E-state index contributed by atoms with van der Waals surface area (Å²) in [4.78, 5) is 29.1. The third kappa shape index (κ3) is 2.73. The molecular formula is C10H12ClN3O3S. The highest BCUT2D eigenvalue weighted by molar-refractivity contribution is 7.18. The summed E-state index contributed by atoms with van der Waals surface area (Å²) in [5.74, 6) is -0.568. The van der Waals surface area contributed by atoms with E-state index in [9.17, 15) is 9.59 Å². The Bertz CT molecular complexity index is 477. The molecule has 8 heteroatoms. The lowest BCUT2D eigenvalue weighted by atomic mass is 10.4. The summed E-state index contributed by atoms with van der Waals surface area (Å²) in [5.41, 5.74) is 0. The molecule has 0 aliphatic carbocycles. The highest BCUT2D eigenvalue weighted by Crippen LogP contribution is 2.30. The van der Waals surface area contributed by atoms with E-state index in [1.165, 1.54) is 7.11 Å². The van der Waals surface area contributed by atoms with Crippen LogP contribution >= 0.6 is 22.9 Å². The third-order valence-electron chi connectivity index (χ3n) is 2.48. The van der Waals surface area contributed by atoms with Crippen LogP contribution < -0.4 is 10.2 Å². The van der Waals surface area contributed by atoms with Gasteiger partial charge < -0.3 is 15.0 Å². The van der Waals surface area contributed by atoms with Gasteiger partial charge in [0.2, 0.25) is 5.91 Å². The van der Waals surface area contributed by atoms with E-state index < -0.39 is 5.97 Å². The van der Waals surface area contributed by atoms with Crippen molar-refractivity contribution in [2.45, 2.75) is 6.42 Å². The number of methoxy groups -OCH3 is 1. The number of aromatic nitrogens is 1. The molecule has 1 aromatic heterocycles. The monoisotopic (exact) mass is 289 g/mol. The number of thiazole rings is 1. The summed E-state index contributed by atoms with van der Waals surface area (Å²) < 4.78 is 4.61. The van der Waals surface area contributed by atoms with E-state index in [0.29, 0.717) is 18.2 Å². The second kappa shape index (κ2) is 5.53. The first-order valence-electron chi connectivity index (χ1n) is 5.38. The third-order valence-corrected chi connectivity index (χ3v) is 3.96. The molecule has 1 fully saturated rings. The zero-order chi connectivity index (χ0) is 13.1. The minimum Gasteiger partial charge on any atom is -0.465 e. The minimum atomic E-state index is -0.511. The Morgan fingerprint density at radius 2 is 2.39 bits per heavy atom. The van der Waals surface area contributed by atoms with Gasteiger partial charge in [-0.2, -0.15) is 0 Å². The number of amides is 1. The Balaban J connectivity index is 2.22. The van der Waals surface area contributed by atoms with E-state index in [-0.39, 0.29) is 22.5 Å². The highest BCUT2D eigenvalue weighted by Gasteiger charge is 2.23. The number of nitrogens with zero attached hydrogens (tertiary/aromatic N) is 2. The molecule has 1 saturated heterocycles. The van der Waals surface area contributed by atoms with Crippen molar-refractivity contribution in [2.24, 2.45) is 0 Å². The van der Waals surface area contributed by atoms with Crippen LogP contribution in [0.15, 0.2) is 0 Å². The number of nitrogens with one attached hydrogen (secondary N) is 1. The summed E-state index contributed by atoms with van der Waals surface area (Å²) >= 11 is 7.02. The second-order valence-corrected chi connectivity index (χ2v) is 5.07. The normalized spacial score (nSPS) is 16.1. The summed E-state index contributed by atoms with van der Waals surface area (Å²) in [6, 6.07) is 0. The van der Waals surface area contributed by atoms with Crippen LogP contribution in [0.25, 0.3) is 0 Å². The molecule has 0 radical (unpaired) electrons. The van der Waals surface area contributed by atoms with E-state index in [4.69, 9.17) is 11.6 Å². The number of hydrogen-bond acceptors (Lipinski definition) is 6. The largest absolute Gasteiger partial charge is 0.465 e. The van der Waals surface area contributed by atoms with Crippen molar-refractivity contribution in [1.29, 1.82) is 0 Å². The Labute approximate surface area is 113 Å². The van der Waals surface area contributed by atoms with Crippen LogP contribution in [0.2, 0.25) is 5.15 Å². The standard InChI is InChI=1S/C10H12ClN3O3S/c1-17-9(16)7-8(11)13-10(18-7)14-4-2-3-12-6(15)5-14/h2-5H2,1H3,(H,12,15). The molecule has 1 aromatic rings. The fourth-order valence-corrected chi connectivity index (χ4v) is 2.84. The van der Waals surface area contributed by atoms with Gasteiger partial charge in [0.1, 0.15) is 0 Å². The van der Waals surface area contributed by atoms with Gasteiger partial charge in [0.25, 0.3) is 0 Å². The molecule has 2 heterocycles. The molecular weight excluding hydrogens is 278 g/mol. The fraction of sp³-hybridized carbons (Fsp3) is 0.500. The Morgan fingerprint density at radius 1 is 1.61 bits per heavy atom. The van der Waals surface area contributed by atoms with Crippen molar-refractivity contribution in [2.75, 3.05) is 31.6 Å². The van der Waals surface area contributed by atoms with Crippen molar-refractivity contribution in [3.63, 3.8) is 0 Å². The van der Waals surface area contributed by atoms with Crippen LogP contribution in [0.5, 0.6) is 0 Å². The average molecular weight is 290 g/mol. The fourth-order valence-electron chi connectivity index (χ4n) is 1.61. The molecule has 98 valence electrons. The van der Waals surface area contributed by atoms with Crippen LogP contribution in [0, 0.1) is 0 Å². The molecule has 1 aliphatic rings. The summed E-state index contributed by atoms with van der Waals surface area (Å²) in [7, 11) is 1.29. The van der Waals surface area contributed by atoms with E-state index in [2.05, 4.69) is 15.0 Å². The smallest absolute Gasteiger partial charge is 0.351 e. The quantitative estimate of drug-likeness (QED) is 0.820. The van der Waals surface area contributed by atoms with Gasteiger partial charge in [-0.1, -0.05) is 22.9 Å². The van der Waals surface area contributed by atoms with Gasteiger partial charge in [0.15, 0.2) is 15.2 Å². The van der Waals surface area contributed by atoms with Gasteiger partial charge in [-0.25, -0.2) is 9.78 Å². The Hall–Kier alpha value is -1.34. The molecule has 1 aliphatic heterocycles. The van der Waals surface area contributed by atoms with Crippen LogP contribution in [-0.2, 0) is 9.53 Å². The van der Waals surface area contributed by atoms with Crippen LogP contribution in [0.1, 0.15) is 16.1 Å². The lowest BCUT2D eigenvalue weighted by Gasteiger charge is -2.16. The predicted octanol–water partition coefficient (Wildman–Crippen LogP) is 0.909. The number of hydrogen-bond donors (Lipinski definition) is 1. The maximum atomic E-state index is 11.4. The highest BCUT2D eigenvalue weighted by atomic mass is 35.5. The van der Waals surface area contributed by atoms with Gasteiger partial charge in [-0.05, 0) is 6.42 Å². The van der Waals surface area contributed by atoms with Crippen molar-refractivity contribution in [3.8, 4) is 0 Å². The SMILES string of the molecule is COC(=O)c1sc(N2CCCNC(=O)C2)nc1Cl. The molecule has 0 atom stereocenters. The summed E-state index contributed by atoms with van der Waals surface area (Å²) in [6.07, 6.45) is 0.830. The molecule has 1 amide bonds. The summed E-state index contributed by atoms with van der Waals surface area (Å²) in [5, 5.41) is 3.46. The van der Waals surface area contributed by atoms with Crippen molar-refractivity contribution in [1.82, 2.24) is 10.3 Å². The van der Waals surface area contributed by atoms with E-state index >= 15 is 0 Å². The number of carbonyl (C=O) groups is 2. The number of ether oxygens (including phenoxy) is 1. The topological polar surface area (TPSA) is 71.5 Å². The first-order chi connectivity index (χ1) is 8.61. The molecule has 0 saturated carbocycles. The van der Waals surface area contributed by atoms with Crippen LogP contribution in [-0.4, -0.2) is 43.6 Å². The van der Waals surface area contributed by atoms with E-state index in [1.807, 2.05) is 4.90 Å². The van der Waals surface area contributed by atoms with Gasteiger partial charge in [0, 0.05) is 13.1 Å². The maximum Gasteiger partial charge on any atom is 0.351 e. The van der Waals surface area contributed by atoms with Crippen molar-refractivity contribution >= 4 is 39.9 Å². The van der Waals surface area contributed by atoms with Crippen LogP contribution in [0.4, 0.5) is 5.13 Å². The van der Waals surface area contributed by atoms with Gasteiger partial charge in [-0.15, -0.1) is 0 Å². The molecule has 0 aromatic carbocycles. The number of halogens is 1. The van der Waals surface area contributed by atoms with Crippen molar-refractivity contribution in [3.05, 3.63) is 10.0 Å². The number of rotatable bonds is 2. The van der Waals surface area contributed by atoms with E-state index in [1.54, 1.807) is 0 Å². The number of carbonyl (C=O) groups excluding carboxylic acids is 2. The Kier molecular flexibility index (Phi) is 4.03. The molecule has 18 heavy (non-hydrogen) atoms. The zero-order valence-electron chi connectivity index (χ0n) is 9.73. The molecule has 6 nitrogen and oxygen atoms in total. The van der Waals surface area contributed by atoms with E-state index in [0.717, 1.165) is 17.8 Å². The van der Waals surface area contributed by atoms with Gasteiger partial charge in [-0.3, -0.25) is 4.79 Å². The predicted molar refractivity (Wildman–Crippen MR) is 68.3 cm³/mol. The average Bonchev–Trinajstić information content (AvgIpc) is 2.60. The van der Waals surface area contributed by atoms with Gasteiger partial charge >= 0.3 is 5.97 Å².